The van der Waals surface area contributed by atoms with Gasteiger partial charge in [0.05, 0.1) is 27.5 Å². The van der Waals surface area contributed by atoms with Gasteiger partial charge in [-0.1, -0.05) is 117 Å². The highest BCUT2D eigenvalue weighted by atomic mass is 79.9. The van der Waals surface area contributed by atoms with Gasteiger partial charge in [0, 0.05) is 97.7 Å². The molecule has 10 N–H and O–H groups in total. The van der Waals surface area contributed by atoms with Crippen molar-refractivity contribution >= 4 is 80.1 Å². The third-order valence-corrected chi connectivity index (χ3v) is 24.7. The van der Waals surface area contributed by atoms with Crippen molar-refractivity contribution in [2.24, 2.45) is 23.7 Å². The molecular formula is C89H116BrF11N24O9. The summed E-state index contributed by atoms with van der Waals surface area (Å²) in [6.07, 6.45) is 4.26. The summed E-state index contributed by atoms with van der Waals surface area (Å²) in [5, 5.41) is 74.3. The van der Waals surface area contributed by atoms with Crippen LogP contribution in [0, 0.1) is 72.3 Å². The van der Waals surface area contributed by atoms with Crippen LogP contribution < -0.4 is 67.4 Å². The minimum atomic E-state index is -4.82. The molecule has 4 aliphatic carbocycles. The summed E-state index contributed by atoms with van der Waals surface area (Å²) >= 11 is 3.50. The van der Waals surface area contributed by atoms with Crippen LogP contribution in [0.2, 0.25) is 0 Å². The first-order valence-corrected chi connectivity index (χ1v) is 45.6. The fourth-order valence-corrected chi connectivity index (χ4v) is 17.0. The molecule has 4 aromatic carbocycles. The number of nitrogens with zero attached hydrogens (tertiary/aromatic N) is 14. The predicted octanol–water partition coefficient (Wildman–Crippen LogP) is 19.7. The molecule has 0 amide bonds. The van der Waals surface area contributed by atoms with Crippen molar-refractivity contribution < 1.29 is 77.3 Å². The Bertz CT molecular complexity index is 4880. The van der Waals surface area contributed by atoms with Crippen molar-refractivity contribution in [2.45, 2.75) is 220 Å². The smallest absolute Gasteiger partial charge is 0.405 e. The van der Waals surface area contributed by atoms with Gasteiger partial charge in [-0.2, -0.15) is 25.2 Å². The quantitative estimate of drug-likeness (QED) is 0.00966. The predicted molar refractivity (Wildman–Crippen MR) is 491 cm³/mol. The molecule has 0 radical (unpaired) electrons. The van der Waals surface area contributed by atoms with Crippen LogP contribution in [0.5, 0.6) is 17.2 Å². The van der Waals surface area contributed by atoms with Gasteiger partial charge in [0.1, 0.15) is 53.3 Å². The molecule has 4 saturated carbocycles. The van der Waals surface area contributed by atoms with Crippen molar-refractivity contribution in [1.29, 1.82) is 5.26 Å². The Morgan fingerprint density at radius 2 is 0.724 bits per heavy atom. The van der Waals surface area contributed by atoms with Crippen LogP contribution in [-0.4, -0.2) is 180 Å². The zero-order chi connectivity index (χ0) is 96.9. The first-order chi connectivity index (χ1) is 64.1. The molecule has 730 valence electrons. The number of para-hydroxylation sites is 3. The van der Waals surface area contributed by atoms with Gasteiger partial charge >= 0.3 is 36.1 Å². The molecule has 4 fully saturated rings. The van der Waals surface area contributed by atoms with Gasteiger partial charge in [0.25, 0.3) is 6.43 Å². The number of nitrogens with one attached hydrogen (secondary N) is 10. The van der Waals surface area contributed by atoms with E-state index in [2.05, 4.69) is 174 Å². The second-order valence-corrected chi connectivity index (χ2v) is 33.5. The lowest BCUT2D eigenvalue weighted by molar-refractivity contribution is -0.384. The Hall–Kier alpha value is -11.8. The van der Waals surface area contributed by atoms with Crippen LogP contribution in [0.3, 0.4) is 0 Å². The number of nitro groups is 3. The summed E-state index contributed by atoms with van der Waals surface area (Å²) in [6.45, 7) is 20.3. The number of rotatable bonds is 41. The van der Waals surface area contributed by atoms with Crippen LogP contribution >= 0.6 is 15.9 Å². The Labute approximate surface area is 778 Å². The number of benzene rings is 4. The second-order valence-electron chi connectivity index (χ2n) is 32.6. The van der Waals surface area contributed by atoms with Crippen molar-refractivity contribution in [1.82, 2.24) is 60.3 Å². The van der Waals surface area contributed by atoms with Gasteiger partial charge in [-0.05, 0) is 201 Å². The highest BCUT2D eigenvalue weighted by Gasteiger charge is 2.36. The van der Waals surface area contributed by atoms with E-state index >= 15 is 0 Å². The largest absolute Gasteiger partial charge is 0.573 e. The summed E-state index contributed by atoms with van der Waals surface area (Å²) in [5.74, 6) is 1.97. The summed E-state index contributed by atoms with van der Waals surface area (Å²) in [6, 6.07) is 27.1. The topological polar surface area (TPSA) is 411 Å². The van der Waals surface area contributed by atoms with E-state index in [9.17, 15) is 83.9 Å². The Morgan fingerprint density at radius 3 is 1.04 bits per heavy atom. The minimum absolute atomic E-state index is 0.0338. The third kappa shape index (κ3) is 35.2. The van der Waals surface area contributed by atoms with Crippen LogP contribution in [0.25, 0.3) is 0 Å². The highest BCUT2D eigenvalue weighted by molar-refractivity contribution is 9.10. The summed E-state index contributed by atoms with van der Waals surface area (Å²) < 4.78 is 152. The molecule has 8 aromatic rings. The number of nitriles is 1. The lowest BCUT2D eigenvalue weighted by Crippen LogP contribution is -2.38. The number of alkyl halides is 11. The molecule has 45 heteroatoms. The first-order valence-electron chi connectivity index (χ1n) is 44.8. The van der Waals surface area contributed by atoms with Gasteiger partial charge in [-0.3, -0.25) is 30.3 Å². The van der Waals surface area contributed by atoms with E-state index in [1.54, 1.807) is 18.2 Å². The van der Waals surface area contributed by atoms with Gasteiger partial charge in [-0.25, -0.2) is 28.7 Å². The van der Waals surface area contributed by atoms with E-state index < -0.39 is 40.3 Å². The number of ether oxygens (including phenoxy) is 3. The maximum Gasteiger partial charge on any atom is 0.573 e. The summed E-state index contributed by atoms with van der Waals surface area (Å²) in [5.41, 5.74) is 2.58. The summed E-state index contributed by atoms with van der Waals surface area (Å²) in [4.78, 5) is 70.9. The third-order valence-electron chi connectivity index (χ3n) is 23.8. The van der Waals surface area contributed by atoms with Crippen LogP contribution in [0.4, 0.5) is 112 Å². The maximum absolute atomic E-state index is 12.7. The molecule has 4 aliphatic rings. The maximum atomic E-state index is 12.7. The Kier molecular flexibility index (Phi) is 41.7. The van der Waals surface area contributed by atoms with E-state index in [0.29, 0.717) is 97.4 Å². The second kappa shape index (κ2) is 52.8. The normalized spacial score (nSPS) is 18.4. The van der Waals surface area contributed by atoms with Gasteiger partial charge in [0.2, 0.25) is 41.2 Å². The van der Waals surface area contributed by atoms with E-state index in [0.717, 1.165) is 163 Å². The van der Waals surface area contributed by atoms with Crippen molar-refractivity contribution in [3.63, 3.8) is 0 Å². The van der Waals surface area contributed by atoms with Crippen molar-refractivity contribution in [3.05, 3.63) is 184 Å². The van der Waals surface area contributed by atoms with E-state index in [1.165, 1.54) is 67.0 Å². The van der Waals surface area contributed by atoms with Gasteiger partial charge in [-0.15, -0.1) is 39.5 Å². The average molecular weight is 1950 g/mol. The fourth-order valence-electron chi connectivity index (χ4n) is 16.6. The molecule has 33 nitrogen and oxygen atoms in total. The number of aromatic nitrogens is 8. The van der Waals surface area contributed by atoms with Crippen LogP contribution in [0.1, 0.15) is 171 Å². The minimum Gasteiger partial charge on any atom is -0.405 e. The molecule has 134 heavy (non-hydrogen) atoms. The highest BCUT2D eigenvalue weighted by Crippen LogP contribution is 2.37. The Morgan fingerprint density at radius 1 is 0.425 bits per heavy atom. The molecule has 0 unspecified atom stereocenters. The molecule has 0 bridgehead atoms. The lowest BCUT2D eigenvalue weighted by Gasteiger charge is -2.35. The molecule has 12 rings (SSSR count). The fraction of sp³-hybridized carbons (Fsp3) is 0.539. The van der Waals surface area contributed by atoms with Gasteiger partial charge < -0.3 is 77.2 Å². The number of halogens is 12. The average Bonchev–Trinajstić information content (AvgIpc) is 0.805. The zero-order valence-corrected chi connectivity index (χ0v) is 76.9. The molecule has 4 aromatic heterocycles. The van der Waals surface area contributed by atoms with Gasteiger partial charge in [0.15, 0.2) is 0 Å². The molecule has 4 heterocycles. The lowest BCUT2D eigenvalue weighted by atomic mass is 9.85. The standard InChI is InChI=1S/2C23H31F3N6O3.C22H27F3N6O.C21H27BrF2N6O2/c2*1-3-31(4-2)18-11-9-16(10-12-18)13-27-21-19(32(33)34)15-29-22(30-21)28-14-17-7-5-6-8-20(17)35-23(24,25)26;1-2-27-18-9-7-15(8-10-18)12-28-20-17(11-26)14-30-21(31-20)29-13-16-5-3-4-6-19(16)32-22(23,24)25;1-13-15(3-2-4-17(13)22)10-27-21-28-11-18(30(31)32)20(29-21)26-9-14-5-7-16(8-6-14)25-12-19(23)24/h2*5-8,15-16,18H,3-4,9-14H2,1-2H3,(H2,27,28,29,30);3-6,14-15,18,27H,2,7-10,12-13H2,1H3,(H2,28,29,30,31);2-4,11,14,16,19,25H,5-10,12H2,1H3,(H2,26,27,28,29). The number of anilines is 8. The van der Waals surface area contributed by atoms with E-state index in [-0.39, 0.29) is 113 Å². The number of hydrogen-bond donors (Lipinski definition) is 10. The molecule has 0 atom stereocenters. The SMILES string of the molecule is CCN(CC)C1CCC(CNc2nc(NCc3ccccc3OC(F)(F)F)ncc2[N+](=O)[O-])CC1.CCN(CC)C1CCC(CNc2nc(NCc3ccccc3OC(F)(F)F)ncc2[N+](=O)[O-])CC1.CCNC1CCC(CNc2nc(NCc3ccccc3OC(F)(F)F)ncc2C#N)CC1.Cc1c(Br)cccc1CNc1ncc([N+](=O)[O-])c(NCC2CCC(NCC(F)F)CC2)n1. The van der Waals surface area contributed by atoms with Crippen molar-refractivity contribution in [3.8, 4) is 23.3 Å². The van der Waals surface area contributed by atoms with Crippen molar-refractivity contribution in [2.75, 3.05) is 108 Å². The van der Waals surface area contributed by atoms with E-state index in [4.69, 9.17) is 0 Å². The zero-order valence-electron chi connectivity index (χ0n) is 75.3. The monoisotopic (exact) mass is 1950 g/mol. The van der Waals surface area contributed by atoms with E-state index in [1.807, 2.05) is 25.1 Å². The Balaban J connectivity index is 0.000000201. The summed E-state index contributed by atoms with van der Waals surface area (Å²) in [7, 11) is 0. The molecule has 0 spiro atoms. The van der Waals surface area contributed by atoms with Crippen LogP contribution in [0.15, 0.2) is 120 Å². The molecule has 0 aliphatic heterocycles. The molecular weight excluding hydrogens is 1840 g/mol. The van der Waals surface area contributed by atoms with Crippen LogP contribution in [-0.2, 0) is 26.2 Å². The number of hydrogen-bond acceptors (Lipinski definition) is 30. The first kappa shape index (κ1) is 106. The molecule has 0 saturated heterocycles.